The summed E-state index contributed by atoms with van der Waals surface area (Å²) in [4.78, 5) is -1.72. The van der Waals surface area contributed by atoms with Gasteiger partial charge in [0.05, 0.1) is 64.2 Å². The van der Waals surface area contributed by atoms with Crippen LogP contribution in [-0.2, 0) is 66.3 Å². The number of phenolic OH excluding ortho intramolecular Hbond substituents is 1. The van der Waals surface area contributed by atoms with Gasteiger partial charge in [-0.05, 0) is 55.0 Å². The number of sulfone groups is 2. The molecule has 0 spiro atoms. The van der Waals surface area contributed by atoms with Crippen LogP contribution in [0.2, 0.25) is 0 Å². The Morgan fingerprint density at radius 3 is 1.92 bits per heavy atom. The molecule has 0 aliphatic rings. The van der Waals surface area contributed by atoms with E-state index in [2.05, 4.69) is 48.6 Å². The molecule has 0 heterocycles. The molecule has 59 heavy (non-hydrogen) atoms. The van der Waals surface area contributed by atoms with Crippen LogP contribution in [0.15, 0.2) is 88.6 Å². The summed E-state index contributed by atoms with van der Waals surface area (Å²) < 4.78 is 114. The molecule has 7 N–H and O–H groups in total. The number of aromatic hydroxyl groups is 1. The normalized spacial score (nSPS) is 12.6. The lowest BCUT2D eigenvalue weighted by molar-refractivity contribution is -0.434. The maximum absolute atomic E-state index is 13.0. The summed E-state index contributed by atoms with van der Waals surface area (Å²) >= 11 is 0.664. The van der Waals surface area contributed by atoms with Crippen molar-refractivity contribution in [3.63, 3.8) is 0 Å². The second-order valence-electron chi connectivity index (χ2n) is 10.9. The van der Waals surface area contributed by atoms with Crippen molar-refractivity contribution in [1.82, 2.24) is 0 Å². The van der Waals surface area contributed by atoms with Crippen molar-refractivity contribution in [1.29, 1.82) is 0 Å². The highest BCUT2D eigenvalue weighted by Gasteiger charge is 2.24. The van der Waals surface area contributed by atoms with Gasteiger partial charge in [-0.25, -0.2) is 32.6 Å². The highest BCUT2D eigenvalue weighted by molar-refractivity contribution is 7.94. The molecule has 25 nitrogen and oxygen atoms in total. The van der Waals surface area contributed by atoms with E-state index in [1.165, 1.54) is 44.4 Å². The van der Waals surface area contributed by atoms with Crippen LogP contribution in [0.4, 0.5) is 28.4 Å². The van der Waals surface area contributed by atoms with Crippen molar-refractivity contribution in [2.45, 2.75) is 26.5 Å². The molecule has 0 fully saturated rings. The number of fused-ring (bicyclic) bond motifs is 1. The van der Waals surface area contributed by atoms with Crippen LogP contribution in [0, 0.1) is 6.92 Å². The highest BCUT2D eigenvalue weighted by Crippen LogP contribution is 2.48. The van der Waals surface area contributed by atoms with E-state index in [1.807, 2.05) is 0 Å². The monoisotopic (exact) mass is 947 g/mol. The van der Waals surface area contributed by atoms with E-state index in [0.29, 0.717) is 18.1 Å². The van der Waals surface area contributed by atoms with Gasteiger partial charge in [0.2, 0.25) is 0 Å². The Hall–Kier alpha value is -3.84. The molecule has 0 bridgehead atoms. The minimum absolute atomic E-state index is 0.00867. The third kappa shape index (κ3) is 12.6. The van der Waals surface area contributed by atoms with E-state index in [4.69, 9.17) is 34.6 Å². The predicted octanol–water partition coefficient (Wildman–Crippen LogP) is 6.50. The fourth-order valence-corrected chi connectivity index (χ4v) is 9.13. The Balaban J connectivity index is 1.75. The SMILES string of the molecule is COc1cc(S(=O)(=O)CCOSOOO)c(C)cc1N=Nc1c(SOOO)cc2c(N=Nc3ccc(S(=O)(=O)CCOSOOO)cc3S(=O)(=O)O)c(N)ccc2c1O. The van der Waals surface area contributed by atoms with Crippen LogP contribution in [0.25, 0.3) is 10.8 Å². The molecular formula is C28H29N5O20S6. The minimum Gasteiger partial charge on any atom is -0.505 e. The van der Waals surface area contributed by atoms with Crippen LogP contribution in [0.3, 0.4) is 0 Å². The lowest BCUT2D eigenvalue weighted by Gasteiger charge is -2.13. The van der Waals surface area contributed by atoms with Gasteiger partial charge in [0.25, 0.3) is 10.1 Å². The smallest absolute Gasteiger partial charge is 0.296 e. The number of hydrogen-bond acceptors (Lipinski definition) is 27. The summed E-state index contributed by atoms with van der Waals surface area (Å²) in [5.74, 6) is -1.81. The van der Waals surface area contributed by atoms with Crippen molar-refractivity contribution in [2.24, 2.45) is 20.5 Å². The third-order valence-corrected chi connectivity index (χ3v) is 13.1. The van der Waals surface area contributed by atoms with Gasteiger partial charge < -0.3 is 15.6 Å². The van der Waals surface area contributed by atoms with Gasteiger partial charge >= 0.3 is 0 Å². The lowest BCUT2D eigenvalue weighted by atomic mass is 10.1. The second-order valence-corrected chi connectivity index (χ2v) is 18.2. The number of hydrogen-bond donors (Lipinski definition) is 6. The zero-order chi connectivity index (χ0) is 43.4. The average Bonchev–Trinajstić information content (AvgIpc) is 3.18. The Morgan fingerprint density at radius 1 is 0.695 bits per heavy atom. The van der Waals surface area contributed by atoms with Crippen molar-refractivity contribution in [3.05, 3.63) is 54.1 Å². The van der Waals surface area contributed by atoms with Crippen LogP contribution < -0.4 is 10.5 Å². The number of phenols is 1. The number of benzene rings is 4. The molecule has 0 radical (unpaired) electrons. The summed E-state index contributed by atoms with van der Waals surface area (Å²) in [5.41, 5.74) is 5.36. The standard InChI is InChI=1S/C28H29N5O20S6/c1-15-11-21(22(45-2)14-24(15)58(40,41)10-8-47-56-53-50-37)31-33-27-23(54-51-48-35)13-18-17(28(27)34)4-5-19(29)26(18)32-30-20-6-3-16(12-25(20)59(42,43)44)57(38,39)9-7-46-55-52-49-36/h3-6,11-14,34-37H,7-10,29H2,1-2H3,(H,42,43,44). The highest BCUT2D eigenvalue weighted by atomic mass is 32.2. The van der Waals surface area contributed by atoms with Crippen molar-refractivity contribution < 1.29 is 91.9 Å². The van der Waals surface area contributed by atoms with Crippen LogP contribution in [-0.4, -0.2) is 82.5 Å². The quantitative estimate of drug-likeness (QED) is 0.00878. The van der Waals surface area contributed by atoms with Crippen LogP contribution in [0.1, 0.15) is 5.56 Å². The maximum atomic E-state index is 13.0. The second kappa shape index (κ2) is 21.6. The molecule has 0 aromatic heterocycles. The summed E-state index contributed by atoms with van der Waals surface area (Å²) in [7, 11) is -12.0. The van der Waals surface area contributed by atoms with Crippen LogP contribution in [0.5, 0.6) is 11.5 Å². The minimum atomic E-state index is -5.12. The Labute approximate surface area is 346 Å². The zero-order valence-corrected chi connectivity index (χ0v) is 34.5. The molecule has 0 unspecified atom stereocenters. The first kappa shape index (κ1) is 47.8. The maximum Gasteiger partial charge on any atom is 0.296 e. The first-order valence-corrected chi connectivity index (χ1v) is 22.2. The average molecular weight is 948 g/mol. The Kier molecular flexibility index (Phi) is 17.5. The molecule has 4 rings (SSSR count). The van der Waals surface area contributed by atoms with Crippen molar-refractivity contribution in [2.75, 3.05) is 37.6 Å². The Bertz CT molecular complexity index is 2530. The molecule has 0 aliphatic carbocycles. The van der Waals surface area contributed by atoms with Gasteiger partial charge in [-0.3, -0.25) is 12.9 Å². The van der Waals surface area contributed by atoms with E-state index < -0.39 is 69.1 Å². The summed E-state index contributed by atoms with van der Waals surface area (Å²) in [6.07, 6.45) is 0. The third-order valence-electron chi connectivity index (χ3n) is 7.37. The van der Waals surface area contributed by atoms with Gasteiger partial charge in [-0.15, -0.1) is 33.5 Å². The number of rotatable bonds is 23. The zero-order valence-electron chi connectivity index (χ0n) is 29.6. The van der Waals surface area contributed by atoms with Crippen molar-refractivity contribution >= 4 is 106 Å². The van der Waals surface area contributed by atoms with E-state index in [0.717, 1.165) is 12.1 Å². The predicted molar refractivity (Wildman–Crippen MR) is 204 cm³/mol. The molecule has 0 amide bonds. The number of aryl methyl sites for hydroxylation is 1. The van der Waals surface area contributed by atoms with Crippen LogP contribution >= 0.6 is 36.7 Å². The van der Waals surface area contributed by atoms with E-state index in [1.54, 1.807) is 0 Å². The van der Waals surface area contributed by atoms with Gasteiger partial charge in [-0.2, -0.15) is 8.42 Å². The fourth-order valence-electron chi connectivity index (χ4n) is 4.81. The van der Waals surface area contributed by atoms with E-state index in [9.17, 15) is 34.9 Å². The number of nitrogens with two attached hydrogens (primary N) is 1. The molecular weight excluding hydrogens is 919 g/mol. The molecule has 0 aliphatic heterocycles. The molecule has 0 saturated heterocycles. The molecule has 0 atom stereocenters. The lowest BCUT2D eigenvalue weighted by Crippen LogP contribution is -2.12. The van der Waals surface area contributed by atoms with Gasteiger partial charge in [0, 0.05) is 16.8 Å². The number of azo groups is 2. The summed E-state index contributed by atoms with van der Waals surface area (Å²) in [6.45, 7) is 0.641. The molecule has 4 aromatic rings. The first-order chi connectivity index (χ1) is 28.0. The summed E-state index contributed by atoms with van der Waals surface area (Å²) in [6, 6.07) is 9.07. The number of methoxy groups -OCH3 is 1. The number of nitrogens with zero attached hydrogens (tertiary/aromatic N) is 4. The molecule has 31 heteroatoms. The Morgan fingerprint density at radius 2 is 1.31 bits per heavy atom. The number of ether oxygens (including phenoxy) is 1. The summed E-state index contributed by atoms with van der Waals surface area (Å²) in [5, 5.41) is 63.2. The number of nitrogen functional groups attached to an aromatic ring is 1. The molecule has 0 saturated carbocycles. The largest absolute Gasteiger partial charge is 0.505 e. The fraction of sp³-hybridized carbons (Fsp3) is 0.214. The topological polar surface area (TPSA) is 362 Å². The number of anilines is 1. The van der Waals surface area contributed by atoms with E-state index >= 15 is 0 Å². The van der Waals surface area contributed by atoms with Gasteiger partial charge in [0.15, 0.2) is 50.1 Å². The van der Waals surface area contributed by atoms with Gasteiger partial charge in [-0.1, -0.05) is 15.1 Å². The van der Waals surface area contributed by atoms with E-state index in [-0.39, 0.29) is 85.9 Å². The molecule has 4 aromatic carbocycles. The first-order valence-electron chi connectivity index (χ1n) is 15.3. The van der Waals surface area contributed by atoms with Gasteiger partial charge in [0.1, 0.15) is 33.4 Å². The molecule has 322 valence electrons. The van der Waals surface area contributed by atoms with Crippen molar-refractivity contribution in [3.8, 4) is 11.5 Å².